The zero-order chi connectivity index (χ0) is 12.7. The van der Waals surface area contributed by atoms with Crippen LogP contribution >= 0.6 is 0 Å². The van der Waals surface area contributed by atoms with Crippen molar-refractivity contribution >= 4 is 17.7 Å². The average Bonchev–Trinajstić information content (AvgIpc) is 2.24. The summed E-state index contributed by atoms with van der Waals surface area (Å²) in [6.07, 6.45) is 0.182. The van der Waals surface area contributed by atoms with Crippen molar-refractivity contribution < 1.29 is 19.1 Å². The first-order chi connectivity index (χ1) is 7.43. The van der Waals surface area contributed by atoms with Gasteiger partial charge in [0.05, 0.1) is 6.61 Å². The van der Waals surface area contributed by atoms with Crippen molar-refractivity contribution in [2.24, 2.45) is 5.92 Å². The maximum atomic E-state index is 11.5. The van der Waals surface area contributed by atoms with Gasteiger partial charge in [-0.15, -0.1) is 0 Å². The average molecular weight is 229 g/mol. The number of esters is 1. The van der Waals surface area contributed by atoms with Gasteiger partial charge in [-0.25, -0.2) is 4.79 Å². The Morgan fingerprint density at radius 2 is 1.75 bits per heavy atom. The predicted molar refractivity (Wildman–Crippen MR) is 58.7 cm³/mol. The number of ketones is 1. The highest BCUT2D eigenvalue weighted by Gasteiger charge is 2.28. The summed E-state index contributed by atoms with van der Waals surface area (Å²) in [6.45, 7) is 6.84. The molecule has 0 spiro atoms. The molecule has 0 aliphatic heterocycles. The van der Waals surface area contributed by atoms with E-state index in [1.54, 1.807) is 27.7 Å². The largest absolute Gasteiger partial charge is 0.464 e. The summed E-state index contributed by atoms with van der Waals surface area (Å²) in [4.78, 5) is 34.3. The Hall–Kier alpha value is -1.39. The van der Waals surface area contributed by atoms with E-state index in [1.165, 1.54) is 0 Å². The fourth-order valence-corrected chi connectivity index (χ4v) is 1.01. The number of amides is 1. The summed E-state index contributed by atoms with van der Waals surface area (Å²) in [5, 5.41) is 2.39. The first-order valence-corrected chi connectivity index (χ1v) is 5.43. The molecule has 0 aliphatic rings. The fourth-order valence-electron chi connectivity index (χ4n) is 1.01. The Balaban J connectivity index is 4.62. The van der Waals surface area contributed by atoms with Crippen molar-refractivity contribution in [3.8, 4) is 0 Å². The molecule has 5 nitrogen and oxygen atoms in total. The predicted octanol–water partition coefficient (Wildman–Crippen LogP) is 0.669. The van der Waals surface area contributed by atoms with Crippen LogP contribution in [-0.4, -0.2) is 30.3 Å². The molecule has 0 saturated heterocycles. The SMILES string of the molecule is CCOC(=O)[C@@H](NC(=O)C(C)C)C(=O)CC. The summed E-state index contributed by atoms with van der Waals surface area (Å²) in [7, 11) is 0. The van der Waals surface area contributed by atoms with Gasteiger partial charge in [-0.1, -0.05) is 20.8 Å². The fraction of sp³-hybridized carbons (Fsp3) is 0.727. The van der Waals surface area contributed by atoms with Crippen LogP contribution in [-0.2, 0) is 19.1 Å². The maximum absolute atomic E-state index is 11.5. The highest BCUT2D eigenvalue weighted by molar-refractivity contribution is 6.05. The van der Waals surface area contributed by atoms with Crippen LogP contribution in [0.1, 0.15) is 34.1 Å². The van der Waals surface area contributed by atoms with Crippen molar-refractivity contribution in [2.45, 2.75) is 40.2 Å². The Morgan fingerprint density at radius 1 is 1.19 bits per heavy atom. The van der Waals surface area contributed by atoms with Crippen LogP contribution in [0.4, 0.5) is 0 Å². The third-order valence-corrected chi connectivity index (χ3v) is 2.00. The molecule has 0 bridgehead atoms. The van der Waals surface area contributed by atoms with Crippen molar-refractivity contribution in [3.63, 3.8) is 0 Å². The lowest BCUT2D eigenvalue weighted by Gasteiger charge is -2.16. The number of hydrogen-bond acceptors (Lipinski definition) is 4. The van der Waals surface area contributed by atoms with Crippen molar-refractivity contribution in [2.75, 3.05) is 6.61 Å². The molecule has 0 rings (SSSR count). The Bertz CT molecular complexity index is 273. The van der Waals surface area contributed by atoms with Crippen molar-refractivity contribution in [1.82, 2.24) is 5.32 Å². The third kappa shape index (κ3) is 4.42. The number of nitrogens with one attached hydrogen (secondary N) is 1. The number of carbonyl (C=O) groups excluding carboxylic acids is 3. The topological polar surface area (TPSA) is 72.5 Å². The quantitative estimate of drug-likeness (QED) is 0.536. The van der Waals surface area contributed by atoms with E-state index in [0.29, 0.717) is 0 Å². The molecule has 0 unspecified atom stereocenters. The van der Waals surface area contributed by atoms with E-state index in [2.05, 4.69) is 5.32 Å². The number of carbonyl (C=O) groups is 3. The Morgan fingerprint density at radius 3 is 2.12 bits per heavy atom. The first-order valence-electron chi connectivity index (χ1n) is 5.43. The smallest absolute Gasteiger partial charge is 0.336 e. The third-order valence-electron chi connectivity index (χ3n) is 2.00. The molecule has 0 aliphatic carbocycles. The van der Waals surface area contributed by atoms with Crippen LogP contribution in [0.5, 0.6) is 0 Å². The van der Waals surface area contributed by atoms with Gasteiger partial charge >= 0.3 is 5.97 Å². The van der Waals surface area contributed by atoms with Crippen LogP contribution in [0.3, 0.4) is 0 Å². The summed E-state index contributed by atoms with van der Waals surface area (Å²) >= 11 is 0. The molecule has 0 fully saturated rings. The molecule has 0 heterocycles. The Labute approximate surface area is 95.5 Å². The second-order valence-electron chi connectivity index (χ2n) is 3.67. The minimum Gasteiger partial charge on any atom is -0.464 e. The molecule has 0 radical (unpaired) electrons. The summed E-state index contributed by atoms with van der Waals surface area (Å²) in [5.41, 5.74) is 0. The molecular formula is C11H19NO4. The second-order valence-corrected chi connectivity index (χ2v) is 3.67. The van der Waals surface area contributed by atoms with Gasteiger partial charge in [-0.2, -0.15) is 0 Å². The van der Waals surface area contributed by atoms with Gasteiger partial charge in [0.25, 0.3) is 0 Å². The maximum Gasteiger partial charge on any atom is 0.336 e. The van der Waals surface area contributed by atoms with Crippen LogP contribution in [0, 0.1) is 5.92 Å². The number of hydrogen-bond donors (Lipinski definition) is 1. The molecule has 1 atom stereocenters. The van der Waals surface area contributed by atoms with E-state index in [0.717, 1.165) is 0 Å². The monoisotopic (exact) mass is 229 g/mol. The molecule has 0 aromatic carbocycles. The number of ether oxygens (including phenoxy) is 1. The van der Waals surface area contributed by atoms with E-state index in [-0.39, 0.29) is 30.6 Å². The van der Waals surface area contributed by atoms with E-state index in [4.69, 9.17) is 4.74 Å². The Kier molecular flexibility index (Phi) is 6.37. The lowest BCUT2D eigenvalue weighted by Crippen LogP contribution is -2.48. The zero-order valence-electron chi connectivity index (χ0n) is 10.2. The molecule has 92 valence electrons. The van der Waals surface area contributed by atoms with Gasteiger partial charge < -0.3 is 10.1 Å². The first kappa shape index (κ1) is 14.6. The van der Waals surface area contributed by atoms with Crippen LogP contribution in [0.15, 0.2) is 0 Å². The number of rotatable bonds is 6. The van der Waals surface area contributed by atoms with E-state index < -0.39 is 12.0 Å². The number of Topliss-reactive ketones (excluding diaryl/α,β-unsaturated/α-hetero) is 1. The normalized spacial score (nSPS) is 12.1. The highest BCUT2D eigenvalue weighted by Crippen LogP contribution is 1.99. The van der Waals surface area contributed by atoms with Gasteiger partial charge in [0, 0.05) is 12.3 Å². The molecular weight excluding hydrogens is 210 g/mol. The lowest BCUT2D eigenvalue weighted by molar-refractivity contribution is -0.150. The van der Waals surface area contributed by atoms with Gasteiger partial charge in [0.15, 0.2) is 11.8 Å². The lowest BCUT2D eigenvalue weighted by atomic mass is 10.1. The van der Waals surface area contributed by atoms with E-state index >= 15 is 0 Å². The standard InChI is InChI=1S/C11H19NO4/c1-5-8(13)9(11(15)16-6-2)12-10(14)7(3)4/h7,9H,5-6H2,1-4H3,(H,12,14)/t9-/m0/s1. The zero-order valence-corrected chi connectivity index (χ0v) is 10.2. The molecule has 0 aromatic heterocycles. The second kappa shape index (κ2) is 6.98. The van der Waals surface area contributed by atoms with Gasteiger partial charge in [-0.05, 0) is 6.92 Å². The summed E-state index contributed by atoms with van der Waals surface area (Å²) < 4.78 is 4.73. The van der Waals surface area contributed by atoms with Crippen molar-refractivity contribution in [1.29, 1.82) is 0 Å². The van der Waals surface area contributed by atoms with Gasteiger partial charge in [0.2, 0.25) is 5.91 Å². The molecule has 0 saturated carbocycles. The van der Waals surface area contributed by atoms with E-state index in [1.807, 2.05) is 0 Å². The van der Waals surface area contributed by atoms with Crippen molar-refractivity contribution in [3.05, 3.63) is 0 Å². The minimum atomic E-state index is -1.17. The van der Waals surface area contributed by atoms with Gasteiger partial charge in [-0.3, -0.25) is 9.59 Å². The molecule has 1 amide bonds. The summed E-state index contributed by atoms with van der Waals surface area (Å²) in [6, 6.07) is -1.17. The van der Waals surface area contributed by atoms with Crippen LogP contribution in [0.25, 0.3) is 0 Å². The highest BCUT2D eigenvalue weighted by atomic mass is 16.5. The molecule has 16 heavy (non-hydrogen) atoms. The van der Waals surface area contributed by atoms with Crippen LogP contribution in [0.2, 0.25) is 0 Å². The summed E-state index contributed by atoms with van der Waals surface area (Å²) in [5.74, 6) is -1.64. The molecule has 1 N–H and O–H groups in total. The minimum absolute atomic E-state index is 0.182. The molecule has 5 heteroatoms. The van der Waals surface area contributed by atoms with E-state index in [9.17, 15) is 14.4 Å². The molecule has 0 aromatic rings. The van der Waals surface area contributed by atoms with Crippen LogP contribution < -0.4 is 5.32 Å². The van der Waals surface area contributed by atoms with Gasteiger partial charge in [0.1, 0.15) is 0 Å².